The lowest BCUT2D eigenvalue weighted by Crippen LogP contribution is -2.14. The van der Waals surface area contributed by atoms with Crippen molar-refractivity contribution in [1.29, 1.82) is 0 Å². The summed E-state index contributed by atoms with van der Waals surface area (Å²) in [5, 5.41) is 0. The first kappa shape index (κ1) is 7.05. The summed E-state index contributed by atoms with van der Waals surface area (Å²) >= 11 is 0. The number of rotatable bonds is 0. The van der Waals surface area contributed by atoms with Crippen molar-refractivity contribution in [2.75, 3.05) is 0 Å². The first-order valence-corrected chi connectivity index (χ1v) is 2.74. The third-order valence-corrected chi connectivity index (χ3v) is 1.26. The zero-order valence-electron chi connectivity index (χ0n) is 4.99. The fourth-order valence-electron chi connectivity index (χ4n) is 0.691. The molecule has 0 aromatic heterocycles. The van der Waals surface area contributed by atoms with E-state index in [2.05, 4.69) is 0 Å². The summed E-state index contributed by atoms with van der Waals surface area (Å²) in [5.74, 6) is -4.87. The minimum atomic E-state index is -1.52. The van der Waals surface area contributed by atoms with E-state index < -0.39 is 23.2 Å². The molecule has 1 aliphatic rings. The van der Waals surface area contributed by atoms with E-state index in [0.29, 0.717) is 0 Å². The van der Waals surface area contributed by atoms with Crippen LogP contribution in [-0.2, 0) is 9.59 Å². The van der Waals surface area contributed by atoms with Crippen LogP contribution in [0, 0.1) is 0 Å². The lowest BCUT2D eigenvalue weighted by Gasteiger charge is -2.04. The van der Waals surface area contributed by atoms with Crippen molar-refractivity contribution in [2.24, 2.45) is 0 Å². The van der Waals surface area contributed by atoms with Crippen molar-refractivity contribution in [3.8, 4) is 0 Å². The molecule has 1 rings (SSSR count). The molecule has 54 valence electrons. The Labute approximate surface area is 55.5 Å². The van der Waals surface area contributed by atoms with Gasteiger partial charge < -0.3 is 0 Å². The maximum atomic E-state index is 12.2. The average Bonchev–Trinajstić information content (AvgIpc) is 1.93. The molecule has 0 fully saturated rings. The molecule has 4 heteroatoms. The third-order valence-electron chi connectivity index (χ3n) is 1.26. The van der Waals surface area contributed by atoms with Crippen LogP contribution in [0.3, 0.4) is 0 Å². The largest absolute Gasteiger partial charge is 0.291 e. The van der Waals surface area contributed by atoms with Crippen LogP contribution in [0.15, 0.2) is 11.7 Å². The molecule has 0 atom stereocenters. The number of halogens is 2. The van der Waals surface area contributed by atoms with E-state index in [1.807, 2.05) is 0 Å². The van der Waals surface area contributed by atoms with E-state index in [-0.39, 0.29) is 12.8 Å². The Morgan fingerprint density at radius 3 is 1.50 bits per heavy atom. The van der Waals surface area contributed by atoms with Crippen LogP contribution in [0.1, 0.15) is 12.8 Å². The van der Waals surface area contributed by atoms with Crippen molar-refractivity contribution in [2.45, 2.75) is 12.8 Å². The van der Waals surface area contributed by atoms with E-state index >= 15 is 0 Å². The number of hydrogen-bond acceptors (Lipinski definition) is 2. The molecule has 0 saturated heterocycles. The summed E-state index contributed by atoms with van der Waals surface area (Å²) in [4.78, 5) is 20.6. The molecule has 0 bridgehead atoms. The zero-order chi connectivity index (χ0) is 7.72. The molecular formula is C6H4F2O2. The van der Waals surface area contributed by atoms with Crippen molar-refractivity contribution in [1.82, 2.24) is 0 Å². The minimum Gasteiger partial charge on any atom is -0.291 e. The molecule has 0 N–H and O–H groups in total. The number of Topliss-reactive ketones (excluding diaryl/α,β-unsaturated/α-hetero) is 2. The second kappa shape index (κ2) is 2.28. The van der Waals surface area contributed by atoms with Gasteiger partial charge in [-0.15, -0.1) is 0 Å². The highest BCUT2D eigenvalue weighted by Gasteiger charge is 2.26. The molecule has 0 radical (unpaired) electrons. The standard InChI is InChI=1S/C6H4F2O2/c7-5-3(9)1-2-4(10)6(5)8/h1-2H2. The lowest BCUT2D eigenvalue weighted by molar-refractivity contribution is -0.124. The quantitative estimate of drug-likeness (QED) is 0.512. The molecule has 0 amide bonds. The molecule has 0 heterocycles. The molecule has 0 aromatic rings. The Kier molecular flexibility index (Phi) is 1.61. The average molecular weight is 146 g/mol. The van der Waals surface area contributed by atoms with Crippen LogP contribution >= 0.6 is 0 Å². The molecular weight excluding hydrogens is 142 g/mol. The topological polar surface area (TPSA) is 34.1 Å². The van der Waals surface area contributed by atoms with Gasteiger partial charge in [-0.1, -0.05) is 0 Å². The second-order valence-electron chi connectivity index (χ2n) is 1.97. The fraction of sp³-hybridized carbons (Fsp3) is 0.333. The number of carbonyl (C=O) groups excluding carboxylic acids is 2. The summed E-state index contributed by atoms with van der Waals surface area (Å²) in [6.07, 6.45) is -0.420. The van der Waals surface area contributed by atoms with Crippen LogP contribution in [-0.4, -0.2) is 11.6 Å². The van der Waals surface area contributed by atoms with Crippen molar-refractivity contribution in [3.05, 3.63) is 11.7 Å². The number of carbonyl (C=O) groups is 2. The molecule has 0 spiro atoms. The van der Waals surface area contributed by atoms with Gasteiger partial charge in [0.1, 0.15) is 0 Å². The zero-order valence-corrected chi connectivity index (χ0v) is 4.99. The normalized spacial score (nSPS) is 20.2. The molecule has 0 aromatic carbocycles. The maximum Gasteiger partial charge on any atom is 0.205 e. The Hall–Kier alpha value is -1.06. The summed E-state index contributed by atoms with van der Waals surface area (Å²) in [6.45, 7) is 0. The molecule has 0 unspecified atom stereocenters. The Morgan fingerprint density at radius 1 is 0.900 bits per heavy atom. The van der Waals surface area contributed by atoms with Crippen LogP contribution in [0.2, 0.25) is 0 Å². The third kappa shape index (κ3) is 0.964. The number of allylic oxidation sites excluding steroid dienone is 2. The number of ketones is 2. The molecule has 0 saturated carbocycles. The van der Waals surface area contributed by atoms with Gasteiger partial charge in [-0.2, -0.15) is 8.78 Å². The van der Waals surface area contributed by atoms with Crippen molar-refractivity contribution < 1.29 is 18.4 Å². The number of hydrogen-bond donors (Lipinski definition) is 0. The molecule has 10 heavy (non-hydrogen) atoms. The first-order valence-electron chi connectivity index (χ1n) is 2.74. The molecule has 1 aliphatic carbocycles. The van der Waals surface area contributed by atoms with Gasteiger partial charge in [0.05, 0.1) is 0 Å². The van der Waals surface area contributed by atoms with E-state index in [1.54, 1.807) is 0 Å². The van der Waals surface area contributed by atoms with Gasteiger partial charge in [-0.05, 0) is 0 Å². The van der Waals surface area contributed by atoms with E-state index in [9.17, 15) is 18.4 Å². The van der Waals surface area contributed by atoms with Crippen LogP contribution in [0.4, 0.5) is 8.78 Å². The van der Waals surface area contributed by atoms with E-state index in [1.165, 1.54) is 0 Å². The van der Waals surface area contributed by atoms with E-state index in [4.69, 9.17) is 0 Å². The van der Waals surface area contributed by atoms with Gasteiger partial charge >= 0.3 is 0 Å². The van der Waals surface area contributed by atoms with Gasteiger partial charge in [-0.3, -0.25) is 9.59 Å². The van der Waals surface area contributed by atoms with Gasteiger partial charge in [-0.25, -0.2) is 0 Å². The monoisotopic (exact) mass is 146 g/mol. The lowest BCUT2D eigenvalue weighted by atomic mass is 10.0. The minimum absolute atomic E-state index is 0.210. The van der Waals surface area contributed by atoms with Crippen LogP contribution < -0.4 is 0 Å². The van der Waals surface area contributed by atoms with E-state index in [0.717, 1.165) is 0 Å². The maximum absolute atomic E-state index is 12.2. The Bertz CT molecular complexity index is 206. The first-order chi connectivity index (χ1) is 4.63. The Morgan fingerprint density at radius 2 is 1.20 bits per heavy atom. The SMILES string of the molecule is O=C1CCC(=O)C(F)=C1F. The summed E-state index contributed by atoms with van der Waals surface area (Å²) in [6, 6.07) is 0. The summed E-state index contributed by atoms with van der Waals surface area (Å²) in [5.41, 5.74) is 0. The van der Waals surface area contributed by atoms with Gasteiger partial charge in [0.2, 0.25) is 11.7 Å². The highest BCUT2D eigenvalue weighted by molar-refractivity contribution is 6.08. The van der Waals surface area contributed by atoms with Crippen LogP contribution in [0.25, 0.3) is 0 Å². The highest BCUT2D eigenvalue weighted by atomic mass is 19.2. The van der Waals surface area contributed by atoms with Crippen molar-refractivity contribution in [3.63, 3.8) is 0 Å². The summed E-state index contributed by atoms with van der Waals surface area (Å²) < 4.78 is 24.3. The summed E-state index contributed by atoms with van der Waals surface area (Å²) in [7, 11) is 0. The van der Waals surface area contributed by atoms with Gasteiger partial charge in [0, 0.05) is 12.8 Å². The van der Waals surface area contributed by atoms with Gasteiger partial charge in [0.15, 0.2) is 11.6 Å². The fourth-order valence-corrected chi connectivity index (χ4v) is 0.691. The molecule has 0 aliphatic heterocycles. The molecule has 2 nitrogen and oxygen atoms in total. The van der Waals surface area contributed by atoms with Crippen LogP contribution in [0.5, 0.6) is 0 Å². The highest BCUT2D eigenvalue weighted by Crippen LogP contribution is 2.20. The Balaban J connectivity index is 3.03. The predicted octanol–water partition coefficient (Wildman–Crippen LogP) is 1.07. The smallest absolute Gasteiger partial charge is 0.205 e. The second-order valence-corrected chi connectivity index (χ2v) is 1.97. The predicted molar refractivity (Wildman–Crippen MR) is 28.5 cm³/mol. The van der Waals surface area contributed by atoms with Gasteiger partial charge in [0.25, 0.3) is 0 Å². The van der Waals surface area contributed by atoms with Crippen molar-refractivity contribution >= 4 is 11.6 Å².